The summed E-state index contributed by atoms with van der Waals surface area (Å²) in [6.45, 7) is 0.774. The van der Waals surface area contributed by atoms with Gasteiger partial charge in [-0.1, -0.05) is 18.2 Å². The van der Waals surface area contributed by atoms with Crippen molar-refractivity contribution in [1.29, 1.82) is 0 Å². The Bertz CT molecular complexity index is 639. The molecule has 3 N–H and O–H groups in total. The summed E-state index contributed by atoms with van der Waals surface area (Å²) in [5.41, 5.74) is 3.15. The molecule has 1 saturated carbocycles. The monoisotopic (exact) mass is 356 g/mol. The van der Waals surface area contributed by atoms with Crippen molar-refractivity contribution in [2.75, 3.05) is 6.54 Å². The second kappa shape index (κ2) is 6.61. The number of aliphatic hydroxyl groups is 1. The second-order valence-corrected chi connectivity index (χ2v) is 7.10. The van der Waals surface area contributed by atoms with Crippen molar-refractivity contribution >= 4 is 5.91 Å². The van der Waals surface area contributed by atoms with E-state index in [1.54, 1.807) is 0 Å². The Morgan fingerprint density at radius 1 is 1.20 bits per heavy atom. The van der Waals surface area contributed by atoms with E-state index in [0.29, 0.717) is 12.8 Å². The Kier molecular flexibility index (Phi) is 4.81. The number of benzene rings is 1. The molecule has 1 amide bonds. The number of carbonyl (C=O) groups is 1. The third-order valence-corrected chi connectivity index (χ3v) is 5.61. The van der Waals surface area contributed by atoms with Crippen LogP contribution < -0.4 is 5.73 Å². The standard InChI is InChI=1S/C18H23F3N2O2/c19-18(20,21)14-5-2-1-4-13(14)17(25)9-7-12(8-10-17)23-11-3-6-15(23)16(22)24/h1-2,4-5,12,15,25H,3,6-11H2,(H2,22,24). The van der Waals surface area contributed by atoms with Gasteiger partial charge in [-0.25, -0.2) is 0 Å². The van der Waals surface area contributed by atoms with Gasteiger partial charge in [-0.3, -0.25) is 9.69 Å². The number of rotatable bonds is 3. The van der Waals surface area contributed by atoms with E-state index in [1.165, 1.54) is 18.2 Å². The van der Waals surface area contributed by atoms with Crippen molar-refractivity contribution in [2.45, 2.75) is 62.4 Å². The Hall–Kier alpha value is -1.60. The van der Waals surface area contributed by atoms with Crippen LogP contribution in [0.2, 0.25) is 0 Å². The molecule has 1 aromatic carbocycles. The predicted octanol–water partition coefficient (Wildman–Crippen LogP) is 2.79. The molecule has 0 radical (unpaired) electrons. The van der Waals surface area contributed by atoms with Gasteiger partial charge in [0.15, 0.2) is 0 Å². The highest BCUT2D eigenvalue weighted by Crippen LogP contribution is 2.44. The number of alkyl halides is 3. The van der Waals surface area contributed by atoms with Crippen LogP contribution in [0.1, 0.15) is 49.7 Å². The molecule has 4 nitrogen and oxygen atoms in total. The zero-order valence-electron chi connectivity index (χ0n) is 13.9. The van der Waals surface area contributed by atoms with E-state index < -0.39 is 17.3 Å². The summed E-state index contributed by atoms with van der Waals surface area (Å²) >= 11 is 0. The van der Waals surface area contributed by atoms with Crippen LogP contribution >= 0.6 is 0 Å². The van der Waals surface area contributed by atoms with Crippen molar-refractivity contribution in [3.05, 3.63) is 35.4 Å². The van der Waals surface area contributed by atoms with Crippen LogP contribution in [0.25, 0.3) is 0 Å². The maximum absolute atomic E-state index is 13.3. The highest BCUT2D eigenvalue weighted by atomic mass is 19.4. The fraction of sp³-hybridized carbons (Fsp3) is 0.611. The first-order valence-electron chi connectivity index (χ1n) is 8.66. The number of hydrogen-bond donors (Lipinski definition) is 2. The first kappa shape index (κ1) is 18.2. The quantitative estimate of drug-likeness (QED) is 0.875. The molecule has 7 heteroatoms. The normalized spacial score (nSPS) is 31.2. The first-order valence-corrected chi connectivity index (χ1v) is 8.66. The van der Waals surface area contributed by atoms with E-state index in [9.17, 15) is 23.1 Å². The third-order valence-electron chi connectivity index (χ3n) is 5.61. The Labute approximate surface area is 144 Å². The van der Waals surface area contributed by atoms with Crippen molar-refractivity contribution in [3.8, 4) is 0 Å². The minimum atomic E-state index is -4.49. The number of nitrogens with two attached hydrogens (primary N) is 1. The summed E-state index contributed by atoms with van der Waals surface area (Å²) in [7, 11) is 0. The number of amides is 1. The van der Waals surface area contributed by atoms with Gasteiger partial charge in [-0.2, -0.15) is 13.2 Å². The van der Waals surface area contributed by atoms with Gasteiger partial charge in [-0.15, -0.1) is 0 Å². The van der Waals surface area contributed by atoms with Crippen LogP contribution in [0.5, 0.6) is 0 Å². The summed E-state index contributed by atoms with van der Waals surface area (Å²) in [5, 5.41) is 10.9. The van der Waals surface area contributed by atoms with Gasteiger partial charge in [0.05, 0.1) is 17.2 Å². The lowest BCUT2D eigenvalue weighted by Gasteiger charge is -2.42. The van der Waals surface area contributed by atoms with Crippen LogP contribution in [-0.2, 0) is 16.6 Å². The molecular formula is C18H23F3N2O2. The smallest absolute Gasteiger partial charge is 0.385 e. The summed E-state index contributed by atoms with van der Waals surface area (Å²) in [4.78, 5) is 13.6. The van der Waals surface area contributed by atoms with E-state index in [-0.39, 0.29) is 36.4 Å². The Balaban J connectivity index is 1.77. The molecule has 0 aromatic heterocycles. The zero-order valence-corrected chi connectivity index (χ0v) is 13.9. The summed E-state index contributed by atoms with van der Waals surface area (Å²) < 4.78 is 39.8. The number of primary amides is 1. The SMILES string of the molecule is NC(=O)C1CCCN1C1CCC(O)(c2ccccc2C(F)(F)F)CC1. The molecular weight excluding hydrogens is 333 g/mol. The van der Waals surface area contributed by atoms with E-state index in [2.05, 4.69) is 4.90 Å². The van der Waals surface area contributed by atoms with Crippen molar-refractivity contribution < 1.29 is 23.1 Å². The number of carbonyl (C=O) groups excluding carboxylic acids is 1. The van der Waals surface area contributed by atoms with Crippen LogP contribution in [-0.4, -0.2) is 34.5 Å². The largest absolute Gasteiger partial charge is 0.416 e. The molecule has 1 aromatic rings. The molecule has 25 heavy (non-hydrogen) atoms. The van der Waals surface area contributed by atoms with Gasteiger partial charge >= 0.3 is 6.18 Å². The third kappa shape index (κ3) is 3.53. The zero-order chi connectivity index (χ0) is 18.2. The van der Waals surface area contributed by atoms with E-state index in [4.69, 9.17) is 5.73 Å². The number of hydrogen-bond acceptors (Lipinski definition) is 3. The molecule has 1 atom stereocenters. The molecule has 1 aliphatic heterocycles. The summed E-state index contributed by atoms with van der Waals surface area (Å²) in [6, 6.07) is 5.03. The number of halogens is 3. The highest BCUT2D eigenvalue weighted by Gasteiger charge is 2.44. The van der Waals surface area contributed by atoms with Gasteiger partial charge in [0, 0.05) is 6.04 Å². The minimum absolute atomic E-state index is 0.0474. The molecule has 0 spiro atoms. The Morgan fingerprint density at radius 2 is 1.84 bits per heavy atom. The van der Waals surface area contributed by atoms with Crippen LogP contribution in [0.3, 0.4) is 0 Å². The molecule has 0 bridgehead atoms. The second-order valence-electron chi connectivity index (χ2n) is 7.10. The fourth-order valence-corrected chi connectivity index (χ4v) is 4.35. The average molecular weight is 356 g/mol. The molecule has 1 unspecified atom stereocenters. The van der Waals surface area contributed by atoms with Crippen molar-refractivity contribution in [1.82, 2.24) is 4.90 Å². The predicted molar refractivity (Wildman–Crippen MR) is 86.5 cm³/mol. The highest BCUT2D eigenvalue weighted by molar-refractivity contribution is 5.80. The van der Waals surface area contributed by atoms with Gasteiger partial charge in [-0.05, 0) is 56.7 Å². The maximum Gasteiger partial charge on any atom is 0.416 e. The lowest BCUT2D eigenvalue weighted by Crippen LogP contribution is -2.49. The first-order chi connectivity index (χ1) is 11.7. The topological polar surface area (TPSA) is 66.6 Å². The van der Waals surface area contributed by atoms with Crippen LogP contribution in [0, 0.1) is 0 Å². The molecule has 138 valence electrons. The summed E-state index contributed by atoms with van der Waals surface area (Å²) in [6.07, 6.45) is -1.29. The Morgan fingerprint density at radius 3 is 2.44 bits per heavy atom. The molecule has 2 fully saturated rings. The number of likely N-dealkylation sites (tertiary alicyclic amines) is 1. The number of nitrogens with zero attached hydrogens (tertiary/aromatic N) is 1. The average Bonchev–Trinajstić information content (AvgIpc) is 3.05. The fourth-order valence-electron chi connectivity index (χ4n) is 4.35. The summed E-state index contributed by atoms with van der Waals surface area (Å²) in [5.74, 6) is -0.347. The van der Waals surface area contributed by atoms with Crippen molar-refractivity contribution in [2.24, 2.45) is 5.73 Å². The molecule has 1 aliphatic carbocycles. The molecule has 3 rings (SSSR count). The molecule has 1 heterocycles. The minimum Gasteiger partial charge on any atom is -0.385 e. The van der Waals surface area contributed by atoms with E-state index >= 15 is 0 Å². The van der Waals surface area contributed by atoms with Gasteiger partial charge in [0.1, 0.15) is 0 Å². The van der Waals surface area contributed by atoms with Gasteiger partial charge < -0.3 is 10.8 Å². The van der Waals surface area contributed by atoms with E-state index in [0.717, 1.165) is 25.5 Å². The lowest BCUT2D eigenvalue weighted by molar-refractivity contribution is -0.142. The van der Waals surface area contributed by atoms with E-state index in [1.807, 2.05) is 0 Å². The maximum atomic E-state index is 13.3. The lowest BCUT2D eigenvalue weighted by atomic mass is 9.75. The molecule has 1 saturated heterocycles. The molecule has 2 aliphatic rings. The van der Waals surface area contributed by atoms with Gasteiger partial charge in [0.2, 0.25) is 5.91 Å². The van der Waals surface area contributed by atoms with Crippen LogP contribution in [0.4, 0.5) is 13.2 Å². The van der Waals surface area contributed by atoms with Crippen molar-refractivity contribution in [3.63, 3.8) is 0 Å². The van der Waals surface area contributed by atoms with Gasteiger partial charge in [0.25, 0.3) is 0 Å². The van der Waals surface area contributed by atoms with Crippen LogP contribution in [0.15, 0.2) is 24.3 Å².